The van der Waals surface area contributed by atoms with Gasteiger partial charge in [-0.2, -0.15) is 0 Å². The SMILES string of the molecule is O=C(c1cc(F)cc(F)c1)C(Br)Br. The molecule has 0 amide bonds. The van der Waals surface area contributed by atoms with Gasteiger partial charge in [0.2, 0.25) is 0 Å². The van der Waals surface area contributed by atoms with Gasteiger partial charge in [-0.25, -0.2) is 8.78 Å². The number of Topliss-reactive ketones (excluding diaryl/α,β-unsaturated/α-hetero) is 1. The van der Waals surface area contributed by atoms with Crippen molar-refractivity contribution in [1.82, 2.24) is 0 Å². The van der Waals surface area contributed by atoms with Crippen molar-refractivity contribution in [2.24, 2.45) is 0 Å². The Kier molecular flexibility index (Phi) is 3.55. The van der Waals surface area contributed by atoms with Crippen molar-refractivity contribution in [3.05, 3.63) is 35.4 Å². The van der Waals surface area contributed by atoms with Crippen molar-refractivity contribution in [3.8, 4) is 0 Å². The van der Waals surface area contributed by atoms with Crippen molar-refractivity contribution >= 4 is 37.6 Å². The van der Waals surface area contributed by atoms with E-state index in [2.05, 4.69) is 31.9 Å². The molecule has 1 nitrogen and oxygen atoms in total. The van der Waals surface area contributed by atoms with Gasteiger partial charge in [0, 0.05) is 11.6 Å². The molecule has 5 heteroatoms. The summed E-state index contributed by atoms with van der Waals surface area (Å²) in [7, 11) is 0. The van der Waals surface area contributed by atoms with Crippen LogP contribution in [0, 0.1) is 11.6 Å². The van der Waals surface area contributed by atoms with E-state index in [1.165, 1.54) is 0 Å². The van der Waals surface area contributed by atoms with Crippen LogP contribution in [-0.4, -0.2) is 9.52 Å². The van der Waals surface area contributed by atoms with Crippen LogP contribution < -0.4 is 0 Å². The minimum atomic E-state index is -0.760. The lowest BCUT2D eigenvalue weighted by molar-refractivity contribution is 0.101. The zero-order valence-corrected chi connectivity index (χ0v) is 9.40. The van der Waals surface area contributed by atoms with E-state index in [1.807, 2.05) is 0 Å². The second-order valence-corrected chi connectivity index (χ2v) is 5.38. The van der Waals surface area contributed by atoms with Crippen LogP contribution in [0.15, 0.2) is 18.2 Å². The number of rotatable bonds is 2. The maximum atomic E-state index is 12.6. The van der Waals surface area contributed by atoms with Gasteiger partial charge in [0.15, 0.2) is 5.78 Å². The fourth-order valence-electron chi connectivity index (χ4n) is 0.822. The molecule has 0 aliphatic heterocycles. The van der Waals surface area contributed by atoms with Crippen LogP contribution in [0.5, 0.6) is 0 Å². The summed E-state index contributed by atoms with van der Waals surface area (Å²) >= 11 is 5.90. The highest BCUT2D eigenvalue weighted by Gasteiger charge is 2.14. The van der Waals surface area contributed by atoms with Gasteiger partial charge in [0.25, 0.3) is 0 Å². The Hall–Kier alpha value is -0.290. The third-order valence-corrected chi connectivity index (χ3v) is 2.18. The van der Waals surface area contributed by atoms with Gasteiger partial charge in [-0.15, -0.1) is 0 Å². The number of hydrogen-bond acceptors (Lipinski definition) is 1. The summed E-state index contributed by atoms with van der Waals surface area (Å²) in [5.41, 5.74) is -0.00347. The van der Waals surface area contributed by atoms with Crippen molar-refractivity contribution < 1.29 is 13.6 Å². The Morgan fingerprint density at radius 1 is 1.15 bits per heavy atom. The van der Waals surface area contributed by atoms with Crippen molar-refractivity contribution in [2.75, 3.05) is 0 Å². The highest BCUT2D eigenvalue weighted by atomic mass is 79.9. The topological polar surface area (TPSA) is 17.1 Å². The smallest absolute Gasteiger partial charge is 0.187 e. The molecule has 0 saturated carbocycles. The van der Waals surface area contributed by atoms with E-state index in [0.29, 0.717) is 6.07 Å². The number of alkyl halides is 2. The summed E-state index contributed by atoms with van der Waals surface area (Å²) in [4.78, 5) is 11.2. The first-order valence-corrected chi connectivity index (χ1v) is 5.12. The van der Waals surface area contributed by atoms with E-state index < -0.39 is 21.2 Å². The molecule has 0 spiro atoms. The summed E-state index contributed by atoms with van der Waals surface area (Å²) in [5.74, 6) is -1.94. The number of carbonyl (C=O) groups excluding carboxylic acids is 1. The van der Waals surface area contributed by atoms with E-state index in [-0.39, 0.29) is 5.56 Å². The molecule has 1 rings (SSSR count). The van der Waals surface area contributed by atoms with Gasteiger partial charge >= 0.3 is 0 Å². The molecule has 1 aromatic carbocycles. The molecule has 1 aromatic rings. The predicted octanol–water partition coefficient (Wildman–Crippen LogP) is 3.26. The maximum absolute atomic E-state index is 12.6. The molecular weight excluding hydrogens is 310 g/mol. The summed E-state index contributed by atoms with van der Waals surface area (Å²) in [6.07, 6.45) is 0. The minimum Gasteiger partial charge on any atom is -0.292 e. The Bertz CT molecular complexity index is 319. The first kappa shape index (κ1) is 10.8. The molecule has 0 saturated heterocycles. The first-order chi connectivity index (χ1) is 6.00. The fourth-order valence-corrected chi connectivity index (χ4v) is 1.35. The number of carbonyl (C=O) groups is 1. The molecule has 0 aliphatic carbocycles. The second-order valence-electron chi connectivity index (χ2n) is 2.32. The number of halogens is 4. The normalized spacial score (nSPS) is 10.5. The molecule has 13 heavy (non-hydrogen) atoms. The molecule has 0 fully saturated rings. The summed E-state index contributed by atoms with van der Waals surface area (Å²) in [6, 6.07) is 2.69. The average molecular weight is 314 g/mol. The van der Waals surface area contributed by atoms with Gasteiger partial charge in [-0.3, -0.25) is 4.79 Å². The Morgan fingerprint density at radius 3 is 2.00 bits per heavy atom. The highest BCUT2D eigenvalue weighted by Crippen LogP contribution is 2.17. The zero-order valence-electron chi connectivity index (χ0n) is 6.23. The van der Waals surface area contributed by atoms with Crippen molar-refractivity contribution in [2.45, 2.75) is 3.74 Å². The van der Waals surface area contributed by atoms with Crippen LogP contribution in [0.2, 0.25) is 0 Å². The number of benzene rings is 1. The van der Waals surface area contributed by atoms with Crippen LogP contribution >= 0.6 is 31.9 Å². The largest absolute Gasteiger partial charge is 0.292 e. The van der Waals surface area contributed by atoms with E-state index in [1.54, 1.807) is 0 Å². The summed E-state index contributed by atoms with van der Waals surface area (Å²) in [5, 5.41) is 0. The van der Waals surface area contributed by atoms with E-state index in [9.17, 15) is 13.6 Å². The second kappa shape index (κ2) is 4.28. The van der Waals surface area contributed by atoms with E-state index in [0.717, 1.165) is 12.1 Å². The van der Waals surface area contributed by atoms with Crippen LogP contribution in [0.4, 0.5) is 8.78 Å². The third kappa shape index (κ3) is 2.84. The van der Waals surface area contributed by atoms with Gasteiger partial charge in [0.1, 0.15) is 15.4 Å². The fraction of sp³-hybridized carbons (Fsp3) is 0.125. The van der Waals surface area contributed by atoms with Crippen LogP contribution in [0.1, 0.15) is 10.4 Å². The molecule has 0 bridgehead atoms. The van der Waals surface area contributed by atoms with Crippen molar-refractivity contribution in [1.29, 1.82) is 0 Å². The first-order valence-electron chi connectivity index (χ1n) is 3.29. The Morgan fingerprint density at radius 2 is 1.62 bits per heavy atom. The highest BCUT2D eigenvalue weighted by molar-refractivity contribution is 9.25. The molecule has 0 aromatic heterocycles. The summed E-state index contributed by atoms with van der Waals surface area (Å²) < 4.78 is 24.6. The lowest BCUT2D eigenvalue weighted by Crippen LogP contribution is -2.07. The molecule has 70 valence electrons. The molecule has 0 N–H and O–H groups in total. The Balaban J connectivity index is 3.08. The van der Waals surface area contributed by atoms with Crippen LogP contribution in [-0.2, 0) is 0 Å². The van der Waals surface area contributed by atoms with Gasteiger partial charge in [0.05, 0.1) is 0 Å². The molecule has 0 atom stereocenters. The minimum absolute atomic E-state index is 0.00347. The van der Waals surface area contributed by atoms with Gasteiger partial charge in [-0.05, 0) is 12.1 Å². The predicted molar refractivity (Wildman–Crippen MR) is 52.3 cm³/mol. The van der Waals surface area contributed by atoms with E-state index in [4.69, 9.17) is 0 Å². The zero-order chi connectivity index (χ0) is 10.0. The molecular formula is C8H4Br2F2O. The molecule has 0 aliphatic rings. The average Bonchev–Trinajstić information content (AvgIpc) is 2.01. The van der Waals surface area contributed by atoms with Gasteiger partial charge < -0.3 is 0 Å². The van der Waals surface area contributed by atoms with E-state index >= 15 is 0 Å². The van der Waals surface area contributed by atoms with Gasteiger partial charge in [-0.1, -0.05) is 31.9 Å². The Labute approximate surface area is 90.4 Å². The lowest BCUT2D eigenvalue weighted by atomic mass is 10.1. The van der Waals surface area contributed by atoms with Crippen molar-refractivity contribution in [3.63, 3.8) is 0 Å². The third-order valence-electron chi connectivity index (χ3n) is 1.35. The lowest BCUT2D eigenvalue weighted by Gasteiger charge is -2.01. The molecule has 0 heterocycles. The summed E-state index contributed by atoms with van der Waals surface area (Å²) in [6.45, 7) is 0. The quantitative estimate of drug-likeness (QED) is 0.605. The maximum Gasteiger partial charge on any atom is 0.187 e. The number of ketones is 1. The van der Waals surface area contributed by atoms with Crippen LogP contribution in [0.3, 0.4) is 0 Å². The molecule has 0 radical (unpaired) electrons. The van der Waals surface area contributed by atoms with Crippen LogP contribution in [0.25, 0.3) is 0 Å². The number of hydrogen-bond donors (Lipinski definition) is 0. The monoisotopic (exact) mass is 312 g/mol. The molecule has 0 unspecified atom stereocenters. The standard InChI is InChI=1S/C8H4Br2F2O/c9-8(10)7(13)4-1-5(11)3-6(12)2-4/h1-3,8H.